The van der Waals surface area contributed by atoms with Gasteiger partial charge in [-0.15, -0.1) is 0 Å². The van der Waals surface area contributed by atoms with Crippen molar-refractivity contribution in [2.24, 2.45) is 0 Å². The van der Waals surface area contributed by atoms with Crippen LogP contribution in [0, 0.1) is 13.8 Å². The molecule has 46 heavy (non-hydrogen) atoms. The van der Waals surface area contributed by atoms with Crippen LogP contribution in [0.2, 0.25) is 0 Å². The van der Waals surface area contributed by atoms with Gasteiger partial charge in [-0.05, 0) is 116 Å². The van der Waals surface area contributed by atoms with Crippen molar-refractivity contribution in [1.29, 1.82) is 0 Å². The van der Waals surface area contributed by atoms with Crippen LogP contribution in [0.15, 0.2) is 176 Å². The first-order chi connectivity index (χ1) is 22.6. The Kier molecular flexibility index (Phi) is 8.34. The third-order valence-corrected chi connectivity index (χ3v) is 8.74. The van der Waals surface area contributed by atoms with Gasteiger partial charge in [0.05, 0.1) is 0 Å². The Morgan fingerprint density at radius 1 is 0.348 bits per heavy atom. The van der Waals surface area contributed by atoms with Gasteiger partial charge in [0.15, 0.2) is 0 Å². The minimum Gasteiger partial charge on any atom is -0.314 e. The van der Waals surface area contributed by atoms with Crippen molar-refractivity contribution in [3.05, 3.63) is 192 Å². The molecule has 0 bridgehead atoms. The fraction of sp³-hybridized carbons (Fsp3) is 0.0909. The van der Waals surface area contributed by atoms with Crippen LogP contribution in [0.1, 0.15) is 29.5 Å². The third-order valence-electron chi connectivity index (χ3n) is 8.74. The second-order valence-electron chi connectivity index (χ2n) is 12.0. The zero-order chi connectivity index (χ0) is 31.3. The number of benzene rings is 6. The molecule has 1 aliphatic carbocycles. The van der Waals surface area contributed by atoms with Crippen molar-refractivity contribution >= 4 is 34.0 Å². The minimum atomic E-state index is 0.983. The molecule has 0 saturated carbocycles. The van der Waals surface area contributed by atoms with Crippen LogP contribution < -0.4 is 9.80 Å². The molecule has 0 spiro atoms. The maximum absolute atomic E-state index is 2.39. The van der Waals surface area contributed by atoms with E-state index in [4.69, 9.17) is 0 Å². The van der Waals surface area contributed by atoms with Crippen molar-refractivity contribution in [2.45, 2.75) is 26.7 Å². The molecular formula is C44H38N2. The Morgan fingerprint density at radius 2 is 0.739 bits per heavy atom. The first kappa shape index (κ1) is 29.1. The first-order valence-corrected chi connectivity index (χ1v) is 16.1. The highest BCUT2D eigenvalue weighted by Gasteiger charge is 2.18. The van der Waals surface area contributed by atoms with Crippen molar-refractivity contribution in [3.63, 3.8) is 0 Å². The lowest BCUT2D eigenvalue weighted by Gasteiger charge is -2.30. The molecule has 0 unspecified atom stereocenters. The van der Waals surface area contributed by atoms with E-state index in [1.54, 1.807) is 0 Å². The average molecular weight is 595 g/mol. The number of allylic oxidation sites excluding steroid dienone is 4. The lowest BCUT2D eigenvalue weighted by atomic mass is 9.93. The Balaban J connectivity index is 1.12. The Bertz CT molecular complexity index is 1950. The van der Waals surface area contributed by atoms with Crippen LogP contribution in [-0.2, 0) is 0 Å². The molecule has 0 atom stereocenters. The molecular weight excluding hydrogens is 556 g/mol. The molecule has 1 aliphatic rings. The lowest BCUT2D eigenvalue weighted by Crippen LogP contribution is -2.17. The molecule has 7 rings (SSSR count). The van der Waals surface area contributed by atoms with E-state index in [-0.39, 0.29) is 0 Å². The summed E-state index contributed by atoms with van der Waals surface area (Å²) >= 11 is 0. The zero-order valence-corrected chi connectivity index (χ0v) is 26.5. The quantitative estimate of drug-likeness (QED) is 0.173. The Labute approximate surface area is 273 Å². The molecule has 2 heteroatoms. The number of hydrogen-bond acceptors (Lipinski definition) is 2. The molecule has 224 valence electrons. The van der Waals surface area contributed by atoms with Crippen LogP contribution in [0.3, 0.4) is 0 Å². The van der Waals surface area contributed by atoms with Gasteiger partial charge in [0.1, 0.15) is 0 Å². The van der Waals surface area contributed by atoms with Gasteiger partial charge in [-0.1, -0.05) is 114 Å². The topological polar surface area (TPSA) is 6.48 Å². The van der Waals surface area contributed by atoms with Gasteiger partial charge in [0.2, 0.25) is 0 Å². The van der Waals surface area contributed by atoms with Crippen LogP contribution in [0.25, 0.3) is 16.7 Å². The van der Waals surface area contributed by atoms with Crippen LogP contribution in [0.4, 0.5) is 28.4 Å². The highest BCUT2D eigenvalue weighted by molar-refractivity contribution is 5.79. The van der Waals surface area contributed by atoms with Crippen LogP contribution >= 0.6 is 0 Å². The summed E-state index contributed by atoms with van der Waals surface area (Å²) in [4.78, 5) is 4.69. The zero-order valence-electron chi connectivity index (χ0n) is 26.5. The van der Waals surface area contributed by atoms with E-state index in [1.165, 1.54) is 50.5 Å². The monoisotopic (exact) mass is 594 g/mol. The van der Waals surface area contributed by atoms with Gasteiger partial charge in [0, 0.05) is 34.1 Å². The highest BCUT2D eigenvalue weighted by atomic mass is 15.2. The smallest absolute Gasteiger partial charge is 0.0462 e. The maximum Gasteiger partial charge on any atom is 0.0462 e. The SMILES string of the molecule is Cc1ccc(N(C2=CC=C(c3ccc(-c4ccc(N(c5ccccc5)c5ccc(C)cc5)cc4)cc3)CC2)c2ccccc2)cc1. The summed E-state index contributed by atoms with van der Waals surface area (Å²) in [6.07, 6.45) is 6.58. The number of rotatable bonds is 8. The van der Waals surface area contributed by atoms with Crippen LogP contribution in [0.5, 0.6) is 0 Å². The molecule has 2 nitrogen and oxygen atoms in total. The molecule has 0 N–H and O–H groups in total. The van der Waals surface area contributed by atoms with E-state index >= 15 is 0 Å². The van der Waals surface area contributed by atoms with Crippen molar-refractivity contribution in [1.82, 2.24) is 0 Å². The molecule has 0 amide bonds. The maximum atomic E-state index is 2.39. The van der Waals surface area contributed by atoms with E-state index in [0.29, 0.717) is 0 Å². The van der Waals surface area contributed by atoms with Gasteiger partial charge in [-0.2, -0.15) is 0 Å². The standard InChI is InChI=1S/C44H38N2/c1-33-13-25-41(26-14-33)45(39-9-5-3-6-10-39)43-29-21-37(22-30-43)35-17-19-36(20-18-35)38-23-31-44(32-24-38)46(40-11-7-4-8-12-40)42-27-15-34(2)16-28-42/h3-23,25-31H,24,32H2,1-2H3. The Morgan fingerprint density at radius 3 is 1.22 bits per heavy atom. The Hall–Kier alpha value is -5.60. The summed E-state index contributed by atoms with van der Waals surface area (Å²) in [5, 5.41) is 0. The van der Waals surface area contributed by atoms with E-state index in [1.807, 2.05) is 0 Å². The van der Waals surface area contributed by atoms with Gasteiger partial charge >= 0.3 is 0 Å². The predicted molar refractivity (Wildman–Crippen MR) is 196 cm³/mol. The summed E-state index contributed by atoms with van der Waals surface area (Å²) in [5.74, 6) is 0. The number of aryl methyl sites for hydroxylation is 2. The molecule has 0 radical (unpaired) electrons. The first-order valence-electron chi connectivity index (χ1n) is 16.1. The van der Waals surface area contributed by atoms with E-state index < -0.39 is 0 Å². The van der Waals surface area contributed by atoms with Gasteiger partial charge < -0.3 is 9.80 Å². The van der Waals surface area contributed by atoms with Gasteiger partial charge in [0.25, 0.3) is 0 Å². The second kappa shape index (κ2) is 13.2. The van der Waals surface area contributed by atoms with Crippen LogP contribution in [-0.4, -0.2) is 0 Å². The molecule has 0 saturated heterocycles. The van der Waals surface area contributed by atoms with Crippen molar-refractivity contribution < 1.29 is 0 Å². The molecule has 6 aromatic rings. The number of hydrogen-bond donors (Lipinski definition) is 0. The molecule has 0 aliphatic heterocycles. The van der Waals surface area contributed by atoms with Gasteiger partial charge in [-0.3, -0.25) is 0 Å². The lowest BCUT2D eigenvalue weighted by molar-refractivity contribution is 0.930. The fourth-order valence-electron chi connectivity index (χ4n) is 6.20. The normalized spacial score (nSPS) is 12.7. The fourth-order valence-corrected chi connectivity index (χ4v) is 6.20. The molecule has 0 fully saturated rings. The second-order valence-corrected chi connectivity index (χ2v) is 12.0. The summed E-state index contributed by atoms with van der Waals surface area (Å²) < 4.78 is 0. The summed E-state index contributed by atoms with van der Waals surface area (Å²) in [5.41, 5.74) is 14.8. The van der Waals surface area contributed by atoms with E-state index in [9.17, 15) is 0 Å². The molecule has 0 aromatic heterocycles. The molecule has 0 heterocycles. The molecule has 6 aromatic carbocycles. The van der Waals surface area contributed by atoms with Crippen molar-refractivity contribution in [2.75, 3.05) is 9.80 Å². The predicted octanol–water partition coefficient (Wildman–Crippen LogP) is 12.3. The van der Waals surface area contributed by atoms with E-state index in [0.717, 1.165) is 29.9 Å². The summed E-state index contributed by atoms with van der Waals surface area (Å²) in [6, 6.07) is 56.7. The number of anilines is 5. The average Bonchev–Trinajstić information content (AvgIpc) is 3.12. The number of nitrogens with zero attached hydrogens (tertiary/aromatic N) is 2. The largest absolute Gasteiger partial charge is 0.314 e. The van der Waals surface area contributed by atoms with Crippen molar-refractivity contribution in [3.8, 4) is 11.1 Å². The van der Waals surface area contributed by atoms with E-state index in [2.05, 4.69) is 194 Å². The third kappa shape index (κ3) is 6.29. The van der Waals surface area contributed by atoms with Gasteiger partial charge in [-0.25, -0.2) is 0 Å². The summed E-state index contributed by atoms with van der Waals surface area (Å²) in [7, 11) is 0. The summed E-state index contributed by atoms with van der Waals surface area (Å²) in [6.45, 7) is 4.26. The minimum absolute atomic E-state index is 0.983. The number of para-hydroxylation sites is 2. The highest BCUT2D eigenvalue weighted by Crippen LogP contribution is 2.38.